The number of carbonyl (C=O) groups excluding carboxylic acids is 1. The van der Waals surface area contributed by atoms with E-state index in [1.165, 1.54) is 5.56 Å². The molecule has 2 rings (SSSR count). The van der Waals surface area contributed by atoms with E-state index in [1.807, 2.05) is 13.0 Å². The van der Waals surface area contributed by atoms with E-state index in [2.05, 4.69) is 35.8 Å². The molecule has 1 aliphatic heterocycles. The number of carbonyl (C=O) groups is 1. The number of amides is 1. The predicted octanol–water partition coefficient (Wildman–Crippen LogP) is 1.92. The highest BCUT2D eigenvalue weighted by molar-refractivity contribution is 5.82. The van der Waals surface area contributed by atoms with Crippen molar-refractivity contribution in [3.63, 3.8) is 0 Å². The van der Waals surface area contributed by atoms with Crippen LogP contribution in [0, 0.1) is 6.92 Å². The summed E-state index contributed by atoms with van der Waals surface area (Å²) in [6.07, 6.45) is 2.04. The second-order valence-electron chi connectivity index (χ2n) is 4.79. The summed E-state index contributed by atoms with van der Waals surface area (Å²) in [5, 5.41) is 6.28. The average Bonchev–Trinajstić information content (AvgIpc) is 2.82. The Kier molecular flexibility index (Phi) is 3.79. The molecule has 0 aromatic heterocycles. The molecule has 1 fully saturated rings. The summed E-state index contributed by atoms with van der Waals surface area (Å²) in [7, 11) is 0. The molecule has 1 aromatic rings. The lowest BCUT2D eigenvalue weighted by atomic mass is 10.1. The Balaban J connectivity index is 1.96. The van der Waals surface area contributed by atoms with Crippen molar-refractivity contribution in [2.45, 2.75) is 38.8 Å². The van der Waals surface area contributed by atoms with Crippen LogP contribution in [0.4, 0.5) is 0 Å². The summed E-state index contributed by atoms with van der Waals surface area (Å²) in [5.41, 5.74) is 2.39. The Hall–Kier alpha value is -1.35. The van der Waals surface area contributed by atoms with Crippen LogP contribution in [0.2, 0.25) is 0 Å². The fourth-order valence-corrected chi connectivity index (χ4v) is 2.25. The Morgan fingerprint density at radius 3 is 3.00 bits per heavy atom. The minimum absolute atomic E-state index is 0.00209. The van der Waals surface area contributed by atoms with Gasteiger partial charge in [-0.25, -0.2) is 0 Å². The Morgan fingerprint density at radius 1 is 1.53 bits per heavy atom. The highest BCUT2D eigenvalue weighted by atomic mass is 16.2. The van der Waals surface area contributed by atoms with Gasteiger partial charge in [-0.2, -0.15) is 0 Å². The lowest BCUT2D eigenvalue weighted by molar-refractivity contribution is -0.123. The van der Waals surface area contributed by atoms with Gasteiger partial charge in [0.15, 0.2) is 0 Å². The minimum atomic E-state index is 0.00209. The van der Waals surface area contributed by atoms with Gasteiger partial charge >= 0.3 is 0 Å². The Labute approximate surface area is 103 Å². The normalized spacial score (nSPS) is 21.2. The number of aryl methyl sites for hydroxylation is 1. The van der Waals surface area contributed by atoms with Gasteiger partial charge in [-0.05, 0) is 38.8 Å². The van der Waals surface area contributed by atoms with Gasteiger partial charge in [0, 0.05) is 0 Å². The lowest BCUT2D eigenvalue weighted by Gasteiger charge is -2.18. The summed E-state index contributed by atoms with van der Waals surface area (Å²) in [6.45, 7) is 5.05. The van der Waals surface area contributed by atoms with E-state index in [1.54, 1.807) is 0 Å². The topological polar surface area (TPSA) is 41.1 Å². The molecule has 92 valence electrons. The monoisotopic (exact) mass is 232 g/mol. The van der Waals surface area contributed by atoms with E-state index in [4.69, 9.17) is 0 Å². The molecule has 0 aliphatic carbocycles. The van der Waals surface area contributed by atoms with Gasteiger partial charge in [0.25, 0.3) is 0 Å². The molecule has 17 heavy (non-hydrogen) atoms. The summed E-state index contributed by atoms with van der Waals surface area (Å²) in [6, 6.07) is 8.34. The quantitative estimate of drug-likeness (QED) is 0.836. The van der Waals surface area contributed by atoms with Crippen LogP contribution in [-0.4, -0.2) is 18.5 Å². The first-order valence-electron chi connectivity index (χ1n) is 6.27. The van der Waals surface area contributed by atoms with Crippen molar-refractivity contribution in [2.24, 2.45) is 0 Å². The van der Waals surface area contributed by atoms with Crippen LogP contribution in [0.5, 0.6) is 0 Å². The van der Waals surface area contributed by atoms with Crippen LogP contribution in [0.1, 0.15) is 36.9 Å². The lowest BCUT2D eigenvalue weighted by Crippen LogP contribution is -2.41. The van der Waals surface area contributed by atoms with Gasteiger partial charge in [-0.1, -0.05) is 29.8 Å². The van der Waals surface area contributed by atoms with Crippen molar-refractivity contribution in [1.82, 2.24) is 10.6 Å². The molecule has 1 aliphatic rings. The van der Waals surface area contributed by atoms with Crippen LogP contribution in [0.15, 0.2) is 24.3 Å². The molecule has 1 saturated heterocycles. The first-order valence-corrected chi connectivity index (χ1v) is 6.27. The SMILES string of the molecule is Cc1cccc([C@@H](C)NC(=O)[C@H]2CCCN2)c1. The van der Waals surface area contributed by atoms with Crippen molar-refractivity contribution in [2.75, 3.05) is 6.54 Å². The van der Waals surface area contributed by atoms with Crippen molar-refractivity contribution in [1.29, 1.82) is 0 Å². The predicted molar refractivity (Wildman–Crippen MR) is 68.8 cm³/mol. The zero-order valence-electron chi connectivity index (χ0n) is 10.5. The molecule has 2 N–H and O–H groups in total. The number of rotatable bonds is 3. The number of benzene rings is 1. The average molecular weight is 232 g/mol. The second kappa shape index (κ2) is 5.32. The van der Waals surface area contributed by atoms with Crippen LogP contribution in [0.25, 0.3) is 0 Å². The molecular weight excluding hydrogens is 212 g/mol. The van der Waals surface area contributed by atoms with Crippen LogP contribution in [-0.2, 0) is 4.79 Å². The van der Waals surface area contributed by atoms with Gasteiger partial charge < -0.3 is 10.6 Å². The molecule has 3 nitrogen and oxygen atoms in total. The zero-order valence-corrected chi connectivity index (χ0v) is 10.5. The molecular formula is C14H20N2O. The number of hydrogen-bond donors (Lipinski definition) is 2. The Bertz CT molecular complexity index is 397. The van der Waals surface area contributed by atoms with E-state index in [0.29, 0.717) is 0 Å². The smallest absolute Gasteiger partial charge is 0.237 e. The summed E-state index contributed by atoms with van der Waals surface area (Å²) in [4.78, 5) is 11.9. The molecule has 0 unspecified atom stereocenters. The third-order valence-corrected chi connectivity index (χ3v) is 3.28. The van der Waals surface area contributed by atoms with E-state index in [-0.39, 0.29) is 18.0 Å². The van der Waals surface area contributed by atoms with Crippen molar-refractivity contribution in [3.05, 3.63) is 35.4 Å². The summed E-state index contributed by atoms with van der Waals surface area (Å²) >= 11 is 0. The first kappa shape index (κ1) is 12.1. The third kappa shape index (κ3) is 3.07. The largest absolute Gasteiger partial charge is 0.348 e. The van der Waals surface area contributed by atoms with Crippen molar-refractivity contribution in [3.8, 4) is 0 Å². The zero-order chi connectivity index (χ0) is 12.3. The van der Waals surface area contributed by atoms with E-state index >= 15 is 0 Å². The first-order chi connectivity index (χ1) is 8.16. The third-order valence-electron chi connectivity index (χ3n) is 3.28. The fraction of sp³-hybridized carbons (Fsp3) is 0.500. The standard InChI is InChI=1S/C14H20N2O/c1-10-5-3-6-12(9-10)11(2)16-14(17)13-7-4-8-15-13/h3,5-6,9,11,13,15H,4,7-8H2,1-2H3,(H,16,17)/t11-,13-/m1/s1. The molecule has 1 heterocycles. The Morgan fingerprint density at radius 2 is 2.35 bits per heavy atom. The van der Waals surface area contributed by atoms with Crippen LogP contribution >= 0.6 is 0 Å². The molecule has 0 spiro atoms. The van der Waals surface area contributed by atoms with Crippen molar-refractivity contribution < 1.29 is 4.79 Å². The summed E-state index contributed by atoms with van der Waals surface area (Å²) < 4.78 is 0. The van der Waals surface area contributed by atoms with Gasteiger partial charge in [-0.15, -0.1) is 0 Å². The van der Waals surface area contributed by atoms with E-state index < -0.39 is 0 Å². The highest BCUT2D eigenvalue weighted by Gasteiger charge is 2.23. The molecule has 0 radical (unpaired) electrons. The number of hydrogen-bond acceptors (Lipinski definition) is 2. The fourth-order valence-electron chi connectivity index (χ4n) is 2.25. The van der Waals surface area contributed by atoms with Gasteiger partial charge in [-0.3, -0.25) is 4.79 Å². The van der Waals surface area contributed by atoms with E-state index in [9.17, 15) is 4.79 Å². The van der Waals surface area contributed by atoms with Gasteiger partial charge in [0.2, 0.25) is 5.91 Å². The molecule has 2 atom stereocenters. The highest BCUT2D eigenvalue weighted by Crippen LogP contribution is 2.14. The number of nitrogens with one attached hydrogen (secondary N) is 2. The van der Waals surface area contributed by atoms with Gasteiger partial charge in [0.05, 0.1) is 12.1 Å². The minimum Gasteiger partial charge on any atom is -0.348 e. The maximum Gasteiger partial charge on any atom is 0.237 e. The van der Waals surface area contributed by atoms with Gasteiger partial charge in [0.1, 0.15) is 0 Å². The van der Waals surface area contributed by atoms with Crippen molar-refractivity contribution >= 4 is 5.91 Å². The molecule has 1 amide bonds. The van der Waals surface area contributed by atoms with Crippen LogP contribution < -0.4 is 10.6 Å². The summed E-state index contributed by atoms with van der Waals surface area (Å²) in [5.74, 6) is 0.122. The molecule has 0 saturated carbocycles. The second-order valence-corrected chi connectivity index (χ2v) is 4.79. The maximum atomic E-state index is 11.9. The van der Waals surface area contributed by atoms with E-state index in [0.717, 1.165) is 24.9 Å². The maximum absolute atomic E-state index is 11.9. The molecule has 1 aromatic carbocycles. The molecule has 3 heteroatoms. The molecule has 0 bridgehead atoms. The van der Waals surface area contributed by atoms with Crippen LogP contribution in [0.3, 0.4) is 0 Å².